The molecule has 0 aliphatic carbocycles. The Labute approximate surface area is 97.2 Å². The van der Waals surface area contributed by atoms with E-state index in [1.54, 1.807) is 13.0 Å². The third-order valence-corrected chi connectivity index (χ3v) is 2.38. The third kappa shape index (κ3) is 1.91. The van der Waals surface area contributed by atoms with Gasteiger partial charge in [-0.1, -0.05) is 6.07 Å². The van der Waals surface area contributed by atoms with Gasteiger partial charge >= 0.3 is 5.97 Å². The Morgan fingerprint density at radius 2 is 2.29 bits per heavy atom. The summed E-state index contributed by atoms with van der Waals surface area (Å²) in [5.74, 6) is -1.10. The van der Waals surface area contributed by atoms with E-state index in [9.17, 15) is 9.18 Å². The van der Waals surface area contributed by atoms with Crippen molar-refractivity contribution in [3.05, 3.63) is 35.8 Å². The molecule has 0 fully saturated rings. The predicted molar refractivity (Wildman–Crippen MR) is 62.1 cm³/mol. The van der Waals surface area contributed by atoms with Crippen molar-refractivity contribution < 1.29 is 13.9 Å². The van der Waals surface area contributed by atoms with Crippen LogP contribution < -0.4 is 5.73 Å². The second kappa shape index (κ2) is 4.37. The maximum absolute atomic E-state index is 13.6. The smallest absolute Gasteiger partial charge is 0.341 e. The topological polar surface area (TPSA) is 65.2 Å². The third-order valence-electron chi connectivity index (χ3n) is 2.38. The zero-order valence-corrected chi connectivity index (χ0v) is 9.24. The number of esters is 1. The van der Waals surface area contributed by atoms with Crippen LogP contribution in [0.25, 0.3) is 10.9 Å². The number of halogens is 1. The normalized spacial score (nSPS) is 10.5. The van der Waals surface area contributed by atoms with Gasteiger partial charge in [0.15, 0.2) is 0 Å². The van der Waals surface area contributed by atoms with E-state index >= 15 is 0 Å². The highest BCUT2D eigenvalue weighted by molar-refractivity contribution is 6.04. The van der Waals surface area contributed by atoms with Crippen LogP contribution in [-0.4, -0.2) is 17.6 Å². The lowest BCUT2D eigenvalue weighted by atomic mass is 10.1. The van der Waals surface area contributed by atoms with Crippen LogP contribution in [-0.2, 0) is 4.74 Å². The summed E-state index contributed by atoms with van der Waals surface area (Å²) in [6.07, 6.45) is 1.30. The van der Waals surface area contributed by atoms with Crippen molar-refractivity contribution in [2.45, 2.75) is 6.92 Å². The van der Waals surface area contributed by atoms with E-state index in [1.165, 1.54) is 18.3 Å². The Bertz CT molecular complexity index is 584. The molecule has 2 aromatic rings. The maximum Gasteiger partial charge on any atom is 0.341 e. The quantitative estimate of drug-likeness (QED) is 0.808. The number of nitrogens with zero attached hydrogens (tertiary/aromatic N) is 1. The van der Waals surface area contributed by atoms with Gasteiger partial charge in [-0.3, -0.25) is 4.98 Å². The molecule has 0 aliphatic rings. The van der Waals surface area contributed by atoms with Crippen LogP contribution in [0.1, 0.15) is 17.3 Å². The molecule has 0 aliphatic heterocycles. The highest BCUT2D eigenvalue weighted by Crippen LogP contribution is 2.25. The largest absolute Gasteiger partial charge is 0.462 e. The highest BCUT2D eigenvalue weighted by Gasteiger charge is 2.16. The summed E-state index contributed by atoms with van der Waals surface area (Å²) < 4.78 is 18.4. The molecule has 0 spiro atoms. The number of benzene rings is 1. The fourth-order valence-corrected chi connectivity index (χ4v) is 1.60. The van der Waals surface area contributed by atoms with Crippen LogP contribution in [0, 0.1) is 5.82 Å². The number of hydrogen-bond acceptors (Lipinski definition) is 4. The van der Waals surface area contributed by atoms with E-state index < -0.39 is 11.8 Å². The number of hydrogen-bond donors (Lipinski definition) is 1. The van der Waals surface area contributed by atoms with E-state index in [0.717, 1.165) is 0 Å². The number of ether oxygens (including phenoxy) is 1. The fraction of sp³-hybridized carbons (Fsp3) is 0.167. The zero-order valence-electron chi connectivity index (χ0n) is 9.24. The van der Waals surface area contributed by atoms with Crippen LogP contribution >= 0.6 is 0 Å². The van der Waals surface area contributed by atoms with E-state index in [2.05, 4.69) is 4.98 Å². The molecule has 0 bridgehead atoms. The Balaban J connectivity index is 2.65. The fourth-order valence-electron chi connectivity index (χ4n) is 1.60. The van der Waals surface area contributed by atoms with Gasteiger partial charge in [0.05, 0.1) is 23.2 Å². The zero-order chi connectivity index (χ0) is 12.4. The van der Waals surface area contributed by atoms with Crippen LogP contribution in [0.3, 0.4) is 0 Å². The van der Waals surface area contributed by atoms with E-state index in [0.29, 0.717) is 5.52 Å². The number of carbonyl (C=O) groups is 1. The molecule has 4 nitrogen and oxygen atoms in total. The lowest BCUT2D eigenvalue weighted by Gasteiger charge is -2.08. The Morgan fingerprint density at radius 3 is 3.00 bits per heavy atom. The number of fused-ring (bicyclic) bond motifs is 1. The Kier molecular flexibility index (Phi) is 2.91. The first-order valence-electron chi connectivity index (χ1n) is 5.15. The van der Waals surface area contributed by atoms with Crippen molar-refractivity contribution in [1.29, 1.82) is 0 Å². The number of anilines is 1. The summed E-state index contributed by atoms with van der Waals surface area (Å²) in [6.45, 7) is 1.91. The molecule has 0 radical (unpaired) electrons. The summed E-state index contributed by atoms with van der Waals surface area (Å²) in [6, 6.07) is 4.44. The second-order valence-corrected chi connectivity index (χ2v) is 3.44. The average Bonchev–Trinajstić information content (AvgIpc) is 2.29. The molecule has 2 rings (SSSR count). The molecule has 1 aromatic heterocycles. The van der Waals surface area contributed by atoms with E-state index in [-0.39, 0.29) is 23.2 Å². The van der Waals surface area contributed by atoms with Crippen LogP contribution in [0.15, 0.2) is 24.4 Å². The lowest BCUT2D eigenvalue weighted by molar-refractivity contribution is 0.0527. The van der Waals surface area contributed by atoms with Crippen LogP contribution in [0.5, 0.6) is 0 Å². The standard InChI is InChI=1S/C12H11FN2O2/c1-2-17-12(16)7-6-15-9-5-3-4-8(13)10(9)11(7)14/h3-6H,2H2,1H3,(H2,14,15). The van der Waals surface area contributed by atoms with Crippen molar-refractivity contribution in [2.75, 3.05) is 12.3 Å². The molecule has 2 N–H and O–H groups in total. The average molecular weight is 234 g/mol. The van der Waals surface area contributed by atoms with Crippen molar-refractivity contribution in [1.82, 2.24) is 4.98 Å². The van der Waals surface area contributed by atoms with Crippen molar-refractivity contribution in [3.63, 3.8) is 0 Å². The summed E-state index contributed by atoms with van der Waals surface area (Å²) in [4.78, 5) is 15.5. The molecule has 0 saturated carbocycles. The molecule has 5 heteroatoms. The maximum atomic E-state index is 13.6. The Hall–Kier alpha value is -2.17. The van der Waals surface area contributed by atoms with Crippen LogP contribution in [0.4, 0.5) is 10.1 Å². The van der Waals surface area contributed by atoms with E-state index in [4.69, 9.17) is 10.5 Å². The summed E-state index contributed by atoms with van der Waals surface area (Å²) in [5.41, 5.74) is 6.33. The molecule has 0 saturated heterocycles. The lowest BCUT2D eigenvalue weighted by Crippen LogP contribution is -2.09. The van der Waals surface area contributed by atoms with Gasteiger partial charge in [0, 0.05) is 6.20 Å². The molecule has 1 heterocycles. The first-order valence-corrected chi connectivity index (χ1v) is 5.15. The minimum Gasteiger partial charge on any atom is -0.462 e. The van der Waals surface area contributed by atoms with Crippen molar-refractivity contribution in [3.8, 4) is 0 Å². The minimum atomic E-state index is -0.595. The Morgan fingerprint density at radius 1 is 1.53 bits per heavy atom. The van der Waals surface area contributed by atoms with Gasteiger partial charge in [0.25, 0.3) is 0 Å². The summed E-state index contributed by atoms with van der Waals surface area (Å²) in [7, 11) is 0. The van der Waals surface area contributed by atoms with Crippen molar-refractivity contribution in [2.24, 2.45) is 0 Å². The van der Waals surface area contributed by atoms with Crippen molar-refractivity contribution >= 4 is 22.6 Å². The predicted octanol–water partition coefficient (Wildman–Crippen LogP) is 2.13. The molecule has 17 heavy (non-hydrogen) atoms. The van der Waals surface area contributed by atoms with Gasteiger partial charge in [0.2, 0.25) is 0 Å². The molecule has 0 amide bonds. The second-order valence-electron chi connectivity index (χ2n) is 3.44. The molecule has 1 aromatic carbocycles. The van der Waals surface area contributed by atoms with Gasteiger partial charge in [0.1, 0.15) is 11.4 Å². The number of rotatable bonds is 2. The van der Waals surface area contributed by atoms with Gasteiger partial charge < -0.3 is 10.5 Å². The summed E-state index contributed by atoms with van der Waals surface area (Å²) in [5, 5.41) is 0.151. The SMILES string of the molecule is CCOC(=O)c1cnc2cccc(F)c2c1N. The molecular formula is C12H11FN2O2. The van der Waals surface area contributed by atoms with E-state index in [1.807, 2.05) is 0 Å². The van der Waals surface area contributed by atoms with Gasteiger partial charge in [-0.2, -0.15) is 0 Å². The first kappa shape index (κ1) is 11.3. The number of pyridine rings is 1. The number of carbonyl (C=O) groups excluding carboxylic acids is 1. The van der Waals surface area contributed by atoms with Gasteiger partial charge in [-0.15, -0.1) is 0 Å². The van der Waals surface area contributed by atoms with Crippen LogP contribution in [0.2, 0.25) is 0 Å². The molecule has 88 valence electrons. The monoisotopic (exact) mass is 234 g/mol. The van der Waals surface area contributed by atoms with Gasteiger partial charge in [-0.05, 0) is 19.1 Å². The first-order chi connectivity index (χ1) is 8.15. The molecule has 0 atom stereocenters. The summed E-state index contributed by atoms with van der Waals surface area (Å²) >= 11 is 0. The number of nitrogen functional groups attached to an aromatic ring is 1. The number of nitrogens with two attached hydrogens (primary N) is 1. The van der Waals surface area contributed by atoms with Gasteiger partial charge in [-0.25, -0.2) is 9.18 Å². The minimum absolute atomic E-state index is 0.0616. The molecular weight excluding hydrogens is 223 g/mol. The number of aromatic nitrogens is 1. The molecule has 0 unspecified atom stereocenters. The highest BCUT2D eigenvalue weighted by atomic mass is 19.1.